The molecule has 1 aliphatic carbocycles. The first-order valence-corrected chi connectivity index (χ1v) is 10.4. The summed E-state index contributed by atoms with van der Waals surface area (Å²) in [5.41, 5.74) is 1.35. The Morgan fingerprint density at radius 2 is 2.11 bits per heavy atom. The van der Waals surface area contributed by atoms with Gasteiger partial charge in [0.25, 0.3) is 5.56 Å². The van der Waals surface area contributed by atoms with E-state index in [1.807, 2.05) is 29.7 Å². The van der Waals surface area contributed by atoms with Crippen molar-refractivity contribution in [1.29, 1.82) is 0 Å². The maximum atomic E-state index is 12.9. The van der Waals surface area contributed by atoms with Crippen LogP contribution in [0.15, 0.2) is 34.7 Å². The molecule has 2 heterocycles. The largest absolute Gasteiger partial charge is 0.379 e. The number of nitrogens with one attached hydrogen (secondary N) is 1. The molecule has 0 spiro atoms. The summed E-state index contributed by atoms with van der Waals surface area (Å²) >= 11 is 0. The number of rotatable bonds is 8. The van der Waals surface area contributed by atoms with Gasteiger partial charge in [-0.05, 0) is 50.8 Å². The van der Waals surface area contributed by atoms with E-state index in [1.54, 1.807) is 16.9 Å². The van der Waals surface area contributed by atoms with E-state index in [2.05, 4.69) is 16.9 Å². The molecule has 0 saturated heterocycles. The Balaban J connectivity index is 1.71. The fraction of sp³-hybridized carbons (Fsp3) is 0.545. The quantitative estimate of drug-likeness (QED) is 0.412. The predicted octanol–water partition coefficient (Wildman–Crippen LogP) is 3.88. The fourth-order valence-electron chi connectivity index (χ4n) is 4.15. The Morgan fingerprint density at radius 3 is 2.79 bits per heavy atom. The molecule has 0 radical (unpaired) electrons. The molecule has 3 rings (SSSR count). The molecule has 0 unspecified atom stereocenters. The molecule has 0 aromatic carbocycles. The maximum Gasteiger partial charge on any atom is 0.276 e. The van der Waals surface area contributed by atoms with Crippen molar-refractivity contribution in [2.45, 2.75) is 77.1 Å². The Hall–Kier alpha value is -2.18. The van der Waals surface area contributed by atoms with Crippen molar-refractivity contribution in [2.24, 2.45) is 4.99 Å². The minimum Gasteiger partial charge on any atom is -0.379 e. The van der Waals surface area contributed by atoms with E-state index in [4.69, 9.17) is 0 Å². The predicted molar refractivity (Wildman–Crippen MR) is 115 cm³/mol. The van der Waals surface area contributed by atoms with Crippen LogP contribution in [-0.4, -0.2) is 32.6 Å². The van der Waals surface area contributed by atoms with Crippen molar-refractivity contribution in [3.63, 3.8) is 0 Å². The van der Waals surface area contributed by atoms with Crippen molar-refractivity contribution in [3.05, 3.63) is 41.0 Å². The Bertz CT molecular complexity index is 873. The molecular formula is C22H32N4O2. The van der Waals surface area contributed by atoms with Crippen LogP contribution in [-0.2, 0) is 6.54 Å². The third kappa shape index (κ3) is 4.62. The normalized spacial score (nSPS) is 17.2. The highest BCUT2D eigenvalue weighted by Gasteiger charge is 2.17. The lowest BCUT2D eigenvalue weighted by atomic mass is 10.1. The Morgan fingerprint density at radius 1 is 1.36 bits per heavy atom. The van der Waals surface area contributed by atoms with Crippen molar-refractivity contribution >= 4 is 23.6 Å². The van der Waals surface area contributed by atoms with E-state index in [-0.39, 0.29) is 5.56 Å². The van der Waals surface area contributed by atoms with E-state index in [0.717, 1.165) is 18.5 Å². The van der Waals surface area contributed by atoms with Crippen LogP contribution in [0.2, 0.25) is 0 Å². The number of aliphatic imine (C=N–C) groups is 1. The zero-order chi connectivity index (χ0) is 19.9. The third-order valence-electron chi connectivity index (χ3n) is 5.54. The van der Waals surface area contributed by atoms with Crippen LogP contribution < -0.4 is 10.9 Å². The molecule has 0 bridgehead atoms. The molecule has 2 aromatic heterocycles. The first-order chi connectivity index (χ1) is 13.7. The van der Waals surface area contributed by atoms with Gasteiger partial charge in [-0.2, -0.15) is 0 Å². The second-order valence-electron chi connectivity index (χ2n) is 7.53. The summed E-state index contributed by atoms with van der Waals surface area (Å²) in [5.74, 6) is 0.609. The molecule has 6 nitrogen and oxygen atoms in total. The highest BCUT2D eigenvalue weighted by Crippen LogP contribution is 2.22. The van der Waals surface area contributed by atoms with Gasteiger partial charge in [0.1, 0.15) is 11.7 Å². The first-order valence-electron chi connectivity index (χ1n) is 10.4. The monoisotopic (exact) mass is 384 g/mol. The number of aromatic nitrogens is 2. The number of fused-ring (bicyclic) bond motifs is 1. The summed E-state index contributed by atoms with van der Waals surface area (Å²) in [6.07, 6.45) is 13.4. The molecule has 1 fully saturated rings. The number of aliphatic hydroxyl groups is 1. The van der Waals surface area contributed by atoms with Crippen LogP contribution in [0.25, 0.3) is 11.6 Å². The number of hydrogen-bond acceptors (Lipinski definition) is 4. The van der Waals surface area contributed by atoms with Crippen LogP contribution in [0.5, 0.6) is 0 Å². The molecule has 152 valence electrons. The summed E-state index contributed by atoms with van der Waals surface area (Å²) in [6, 6.07) is 4.08. The lowest BCUT2D eigenvalue weighted by molar-refractivity contribution is 0.106. The molecule has 2 N–H and O–H groups in total. The molecule has 1 saturated carbocycles. The Kier molecular flexibility index (Phi) is 7.23. The molecular weight excluding hydrogens is 352 g/mol. The summed E-state index contributed by atoms with van der Waals surface area (Å²) in [4.78, 5) is 17.4. The van der Waals surface area contributed by atoms with E-state index >= 15 is 0 Å². The first kappa shape index (κ1) is 20.6. The third-order valence-corrected chi connectivity index (χ3v) is 5.54. The van der Waals surface area contributed by atoms with Gasteiger partial charge in [0.2, 0.25) is 0 Å². The molecule has 1 atom stereocenters. The molecule has 6 heteroatoms. The topological polar surface area (TPSA) is 71.0 Å². The van der Waals surface area contributed by atoms with E-state index < -0.39 is 6.23 Å². The van der Waals surface area contributed by atoms with Crippen LogP contribution in [0.3, 0.4) is 0 Å². The zero-order valence-corrected chi connectivity index (χ0v) is 16.8. The lowest BCUT2D eigenvalue weighted by Crippen LogP contribution is -2.38. The van der Waals surface area contributed by atoms with Crippen molar-refractivity contribution < 1.29 is 5.11 Å². The van der Waals surface area contributed by atoms with Crippen LogP contribution in [0.4, 0.5) is 5.82 Å². The standard InChI is InChI=1S/C22H32N4O2/c1-3-18-21(23-4-2)26(22(28)19-13-9-15-25(18)19)16-10-14-20(27)24-17-11-7-5-6-8-12-17/h3-4,9,13,15,17,20,24,27H,1,5-8,10-12,14,16H2,2H3/t20-/m0/s1. The fourth-order valence-corrected chi connectivity index (χ4v) is 4.15. The minimum absolute atomic E-state index is 0.0672. The van der Waals surface area contributed by atoms with Gasteiger partial charge in [-0.1, -0.05) is 32.3 Å². The van der Waals surface area contributed by atoms with Crippen molar-refractivity contribution in [1.82, 2.24) is 14.3 Å². The number of aliphatic hydroxyl groups excluding tert-OH is 1. The summed E-state index contributed by atoms with van der Waals surface area (Å²) in [7, 11) is 0. The van der Waals surface area contributed by atoms with Crippen LogP contribution in [0, 0.1) is 0 Å². The lowest BCUT2D eigenvalue weighted by Gasteiger charge is -2.21. The zero-order valence-electron chi connectivity index (χ0n) is 16.8. The highest BCUT2D eigenvalue weighted by molar-refractivity contribution is 5.67. The van der Waals surface area contributed by atoms with Crippen molar-refractivity contribution in [2.75, 3.05) is 0 Å². The van der Waals surface area contributed by atoms with Gasteiger partial charge < -0.3 is 9.51 Å². The van der Waals surface area contributed by atoms with E-state index in [0.29, 0.717) is 36.8 Å². The van der Waals surface area contributed by atoms with Gasteiger partial charge in [-0.15, -0.1) is 0 Å². The van der Waals surface area contributed by atoms with Gasteiger partial charge in [0.15, 0.2) is 5.82 Å². The average Bonchev–Trinajstić information content (AvgIpc) is 3.03. The Labute approximate surface area is 166 Å². The van der Waals surface area contributed by atoms with Gasteiger partial charge in [0, 0.05) is 25.0 Å². The average molecular weight is 385 g/mol. The molecule has 1 aliphatic rings. The SMILES string of the molecule is C=Cc1c(N=CC)n(CCC[C@H](O)NC2CCCCCC2)c(=O)c2cccn12. The summed E-state index contributed by atoms with van der Waals surface area (Å²) < 4.78 is 3.53. The van der Waals surface area contributed by atoms with E-state index in [9.17, 15) is 9.90 Å². The van der Waals surface area contributed by atoms with Crippen LogP contribution in [0.1, 0.15) is 64.0 Å². The molecule has 28 heavy (non-hydrogen) atoms. The van der Waals surface area contributed by atoms with Gasteiger partial charge in [0.05, 0.1) is 5.69 Å². The van der Waals surface area contributed by atoms with Gasteiger partial charge in [-0.3, -0.25) is 14.7 Å². The van der Waals surface area contributed by atoms with Gasteiger partial charge >= 0.3 is 0 Å². The smallest absolute Gasteiger partial charge is 0.276 e. The maximum absolute atomic E-state index is 12.9. The van der Waals surface area contributed by atoms with Crippen LogP contribution >= 0.6 is 0 Å². The summed E-state index contributed by atoms with van der Waals surface area (Å²) in [5, 5.41) is 13.8. The summed E-state index contributed by atoms with van der Waals surface area (Å²) in [6.45, 7) is 6.24. The number of nitrogens with zero attached hydrogens (tertiary/aromatic N) is 3. The molecule has 0 amide bonds. The highest BCUT2D eigenvalue weighted by atomic mass is 16.3. The molecule has 2 aromatic rings. The molecule has 0 aliphatic heterocycles. The second-order valence-corrected chi connectivity index (χ2v) is 7.53. The van der Waals surface area contributed by atoms with Gasteiger partial charge in [-0.25, -0.2) is 4.99 Å². The second kappa shape index (κ2) is 9.85. The van der Waals surface area contributed by atoms with Crippen molar-refractivity contribution in [3.8, 4) is 0 Å². The minimum atomic E-state index is -0.534. The number of hydrogen-bond donors (Lipinski definition) is 2. The van der Waals surface area contributed by atoms with E-state index in [1.165, 1.54) is 25.7 Å².